The standard InChI is InChI=1S/C22H33N3O/c1-15-4-9-21-20(8-6-17-12-18(26)10-11-22(17,21)3)19(15)7-5-16(2)25-14-23-13-24-25/h5-6,13-15,18-21,26H,4,7-12H2,1-3H3/b16-5+/t15-,18+,19?,20?,21?,22+/m1/s1. The minimum atomic E-state index is -0.113. The fourth-order valence-corrected chi connectivity index (χ4v) is 6.15. The van der Waals surface area contributed by atoms with Crippen LogP contribution in [0.25, 0.3) is 5.70 Å². The molecule has 0 amide bonds. The lowest BCUT2D eigenvalue weighted by atomic mass is 9.50. The second-order valence-electron chi connectivity index (χ2n) is 9.19. The van der Waals surface area contributed by atoms with Gasteiger partial charge < -0.3 is 5.11 Å². The van der Waals surface area contributed by atoms with E-state index < -0.39 is 0 Å². The molecule has 2 fully saturated rings. The first kappa shape index (κ1) is 18.0. The Bertz CT molecular complexity index is 692. The third kappa shape index (κ3) is 3.06. The highest BCUT2D eigenvalue weighted by molar-refractivity contribution is 5.39. The first-order valence-corrected chi connectivity index (χ1v) is 10.4. The van der Waals surface area contributed by atoms with Crippen molar-refractivity contribution in [2.75, 3.05) is 0 Å². The summed E-state index contributed by atoms with van der Waals surface area (Å²) in [5.74, 6) is 3.09. The van der Waals surface area contributed by atoms with E-state index in [1.165, 1.54) is 25.0 Å². The van der Waals surface area contributed by atoms with Crippen LogP contribution in [-0.2, 0) is 0 Å². The number of fused-ring (bicyclic) bond motifs is 3. The van der Waals surface area contributed by atoms with E-state index in [9.17, 15) is 5.11 Å². The molecule has 4 heteroatoms. The molecule has 3 aliphatic rings. The van der Waals surface area contributed by atoms with Gasteiger partial charge in [-0.25, -0.2) is 9.67 Å². The molecule has 6 atom stereocenters. The van der Waals surface area contributed by atoms with Gasteiger partial charge in [-0.05, 0) is 74.5 Å². The van der Waals surface area contributed by atoms with Crippen LogP contribution >= 0.6 is 0 Å². The Labute approximate surface area is 157 Å². The quantitative estimate of drug-likeness (QED) is 0.800. The van der Waals surface area contributed by atoms with Gasteiger partial charge in [-0.1, -0.05) is 38.0 Å². The van der Waals surface area contributed by atoms with Crippen LogP contribution in [0.4, 0.5) is 0 Å². The SMILES string of the molecule is C/C(=C\CC1C2CC=C3C[C@@H](O)CC[C@]3(C)C2CC[C@H]1C)n1cncn1. The van der Waals surface area contributed by atoms with Crippen LogP contribution in [0.15, 0.2) is 30.4 Å². The molecular formula is C22H33N3O. The highest BCUT2D eigenvalue weighted by Gasteiger charge is 2.50. The summed E-state index contributed by atoms with van der Waals surface area (Å²) in [5, 5.41) is 14.4. The molecule has 3 aliphatic carbocycles. The molecule has 4 nitrogen and oxygen atoms in total. The zero-order valence-electron chi connectivity index (χ0n) is 16.4. The molecule has 0 aromatic carbocycles. The lowest BCUT2D eigenvalue weighted by Gasteiger charge is -2.55. The van der Waals surface area contributed by atoms with Crippen LogP contribution in [0, 0.1) is 29.1 Å². The average Bonchev–Trinajstić information content (AvgIpc) is 3.16. The summed E-state index contributed by atoms with van der Waals surface area (Å²) < 4.78 is 1.87. The molecule has 0 saturated heterocycles. The Morgan fingerprint density at radius 3 is 3.00 bits per heavy atom. The number of hydrogen-bond donors (Lipinski definition) is 1. The van der Waals surface area contributed by atoms with Crippen molar-refractivity contribution < 1.29 is 5.11 Å². The highest BCUT2D eigenvalue weighted by atomic mass is 16.3. The topological polar surface area (TPSA) is 50.9 Å². The lowest BCUT2D eigenvalue weighted by Crippen LogP contribution is -2.47. The Morgan fingerprint density at radius 1 is 1.38 bits per heavy atom. The van der Waals surface area contributed by atoms with E-state index in [0.717, 1.165) is 49.4 Å². The van der Waals surface area contributed by atoms with Gasteiger partial charge in [0.1, 0.15) is 12.7 Å². The summed E-state index contributed by atoms with van der Waals surface area (Å²) in [6.07, 6.45) is 16.2. The summed E-state index contributed by atoms with van der Waals surface area (Å²) in [4.78, 5) is 4.06. The second kappa shape index (κ2) is 6.95. The van der Waals surface area contributed by atoms with Crippen LogP contribution in [-0.4, -0.2) is 26.0 Å². The van der Waals surface area contributed by atoms with E-state index in [0.29, 0.717) is 5.41 Å². The first-order valence-electron chi connectivity index (χ1n) is 10.4. The molecule has 1 heterocycles. The summed E-state index contributed by atoms with van der Waals surface area (Å²) >= 11 is 0. The van der Waals surface area contributed by atoms with Crippen molar-refractivity contribution >= 4 is 5.70 Å². The maximum Gasteiger partial charge on any atom is 0.138 e. The number of rotatable bonds is 3. The van der Waals surface area contributed by atoms with Crippen LogP contribution in [0.2, 0.25) is 0 Å². The zero-order chi connectivity index (χ0) is 18.3. The molecule has 142 valence electrons. The molecule has 1 N–H and O–H groups in total. The van der Waals surface area contributed by atoms with Crippen LogP contribution in [0.1, 0.15) is 65.7 Å². The molecule has 0 spiro atoms. The van der Waals surface area contributed by atoms with Crippen LogP contribution in [0.3, 0.4) is 0 Å². The number of aliphatic hydroxyl groups excluding tert-OH is 1. The minimum Gasteiger partial charge on any atom is -0.393 e. The Morgan fingerprint density at radius 2 is 2.23 bits per heavy atom. The van der Waals surface area contributed by atoms with Crippen molar-refractivity contribution in [2.24, 2.45) is 29.1 Å². The molecule has 4 rings (SSSR count). The minimum absolute atomic E-state index is 0.113. The number of hydrogen-bond acceptors (Lipinski definition) is 3. The van der Waals surface area contributed by atoms with Gasteiger partial charge in [0.05, 0.1) is 6.10 Å². The summed E-state index contributed by atoms with van der Waals surface area (Å²) in [6, 6.07) is 0. The van der Waals surface area contributed by atoms with E-state index in [1.54, 1.807) is 18.2 Å². The third-order valence-electron chi connectivity index (χ3n) is 7.84. The van der Waals surface area contributed by atoms with E-state index in [-0.39, 0.29) is 6.10 Å². The van der Waals surface area contributed by atoms with E-state index in [4.69, 9.17) is 0 Å². The predicted octanol–water partition coefficient (Wildman–Crippen LogP) is 4.69. The Hall–Kier alpha value is -1.42. The second-order valence-corrected chi connectivity index (χ2v) is 9.19. The molecule has 1 aromatic heterocycles. The van der Waals surface area contributed by atoms with Crippen LogP contribution < -0.4 is 0 Å². The first-order chi connectivity index (χ1) is 12.5. The number of aromatic nitrogens is 3. The van der Waals surface area contributed by atoms with Gasteiger partial charge in [0, 0.05) is 5.70 Å². The highest BCUT2D eigenvalue weighted by Crippen LogP contribution is 2.59. The maximum atomic E-state index is 10.1. The van der Waals surface area contributed by atoms with Crippen molar-refractivity contribution in [1.29, 1.82) is 0 Å². The normalized spacial score (nSPS) is 40.5. The Kier molecular flexibility index (Phi) is 4.81. The fraction of sp³-hybridized carbons (Fsp3) is 0.727. The lowest BCUT2D eigenvalue weighted by molar-refractivity contribution is -0.00961. The number of aliphatic hydroxyl groups is 1. The van der Waals surface area contributed by atoms with Gasteiger partial charge in [-0.2, -0.15) is 5.10 Å². The number of nitrogens with zero attached hydrogens (tertiary/aromatic N) is 3. The summed E-state index contributed by atoms with van der Waals surface area (Å²) in [7, 11) is 0. The molecule has 1 aromatic rings. The molecule has 0 radical (unpaired) electrons. The third-order valence-corrected chi connectivity index (χ3v) is 7.84. The fourth-order valence-electron chi connectivity index (χ4n) is 6.15. The molecule has 0 bridgehead atoms. The largest absolute Gasteiger partial charge is 0.393 e. The summed E-state index contributed by atoms with van der Waals surface area (Å²) in [5.41, 5.74) is 3.06. The Balaban J connectivity index is 1.56. The summed E-state index contributed by atoms with van der Waals surface area (Å²) in [6.45, 7) is 7.07. The van der Waals surface area contributed by atoms with Crippen molar-refractivity contribution in [2.45, 2.75) is 71.8 Å². The van der Waals surface area contributed by atoms with Crippen molar-refractivity contribution in [1.82, 2.24) is 14.8 Å². The van der Waals surface area contributed by atoms with E-state index in [2.05, 4.69) is 43.0 Å². The van der Waals surface area contributed by atoms with Gasteiger partial charge in [0.15, 0.2) is 0 Å². The molecule has 0 aliphatic heterocycles. The van der Waals surface area contributed by atoms with Crippen molar-refractivity contribution in [3.63, 3.8) is 0 Å². The van der Waals surface area contributed by atoms with E-state index >= 15 is 0 Å². The van der Waals surface area contributed by atoms with Gasteiger partial charge in [0.25, 0.3) is 0 Å². The van der Waals surface area contributed by atoms with Crippen LogP contribution in [0.5, 0.6) is 0 Å². The smallest absolute Gasteiger partial charge is 0.138 e. The molecule has 26 heavy (non-hydrogen) atoms. The van der Waals surface area contributed by atoms with Crippen molar-refractivity contribution in [3.8, 4) is 0 Å². The van der Waals surface area contributed by atoms with Gasteiger partial charge in [-0.15, -0.1) is 0 Å². The molecule has 3 unspecified atom stereocenters. The maximum absolute atomic E-state index is 10.1. The molecule has 2 saturated carbocycles. The number of allylic oxidation sites excluding steroid dienone is 3. The average molecular weight is 356 g/mol. The van der Waals surface area contributed by atoms with Gasteiger partial charge in [0.2, 0.25) is 0 Å². The van der Waals surface area contributed by atoms with E-state index in [1.807, 2.05) is 4.68 Å². The monoisotopic (exact) mass is 355 g/mol. The molecular weight excluding hydrogens is 322 g/mol. The predicted molar refractivity (Wildman–Crippen MR) is 104 cm³/mol. The van der Waals surface area contributed by atoms with Gasteiger partial charge >= 0.3 is 0 Å². The zero-order valence-corrected chi connectivity index (χ0v) is 16.4. The van der Waals surface area contributed by atoms with Crippen molar-refractivity contribution in [3.05, 3.63) is 30.4 Å². The van der Waals surface area contributed by atoms with Gasteiger partial charge in [-0.3, -0.25) is 0 Å².